The molecule has 1 N–H and O–H groups in total. The summed E-state index contributed by atoms with van der Waals surface area (Å²) in [4.78, 5) is 17.1. The lowest BCUT2D eigenvalue weighted by Crippen LogP contribution is -2.18. The van der Waals surface area contributed by atoms with Crippen molar-refractivity contribution < 1.29 is 13.9 Å². The summed E-state index contributed by atoms with van der Waals surface area (Å²) in [5.41, 5.74) is 3.01. The second-order valence-corrected chi connectivity index (χ2v) is 6.64. The number of hydrogen-bond donors (Lipinski definition) is 1. The van der Waals surface area contributed by atoms with Crippen molar-refractivity contribution in [1.82, 2.24) is 10.3 Å². The number of nitrogens with zero attached hydrogens (tertiary/aromatic N) is 1. The van der Waals surface area contributed by atoms with Gasteiger partial charge in [-0.15, -0.1) is 0 Å². The molecule has 2 aromatic heterocycles. The third-order valence-electron chi connectivity index (χ3n) is 3.95. The lowest BCUT2D eigenvalue weighted by atomic mass is 10.1. The molecule has 0 radical (unpaired) electrons. The molecular formula is C19H19BrN2O3. The molecule has 3 aromatic rings. The van der Waals surface area contributed by atoms with Gasteiger partial charge in [0.25, 0.3) is 0 Å². The van der Waals surface area contributed by atoms with E-state index in [2.05, 4.69) is 26.2 Å². The number of benzene rings is 1. The largest absolute Gasteiger partial charge is 0.451 e. The Labute approximate surface area is 154 Å². The second-order valence-electron chi connectivity index (χ2n) is 5.73. The molecule has 0 spiro atoms. The van der Waals surface area contributed by atoms with Crippen molar-refractivity contribution in [2.45, 2.75) is 13.5 Å². The van der Waals surface area contributed by atoms with Crippen LogP contribution in [0.25, 0.3) is 11.0 Å². The highest BCUT2D eigenvalue weighted by molar-refractivity contribution is 9.10. The molecule has 0 atom stereocenters. The standard InChI is InChI=1S/C19H19BrN2O3/c1-12-19-16(14(11-22-12)10-21-7-8-24-2)9-17(25-19)18(23)13-3-5-15(20)6-4-13/h3-6,9,11,21H,7-8,10H2,1-2H3. The number of rotatable bonds is 7. The average molecular weight is 403 g/mol. The highest BCUT2D eigenvalue weighted by Crippen LogP contribution is 2.26. The number of hydrogen-bond acceptors (Lipinski definition) is 5. The van der Waals surface area contributed by atoms with Crippen LogP contribution < -0.4 is 5.32 Å². The predicted molar refractivity (Wildman–Crippen MR) is 99.9 cm³/mol. The van der Waals surface area contributed by atoms with Gasteiger partial charge in [0.15, 0.2) is 11.3 Å². The van der Waals surface area contributed by atoms with Gasteiger partial charge in [0, 0.05) is 41.8 Å². The van der Waals surface area contributed by atoms with Crippen molar-refractivity contribution in [2.24, 2.45) is 0 Å². The summed E-state index contributed by atoms with van der Waals surface area (Å²) in [6.45, 7) is 3.90. The Bertz CT molecular complexity index is 888. The topological polar surface area (TPSA) is 64.4 Å². The van der Waals surface area contributed by atoms with E-state index in [9.17, 15) is 4.79 Å². The fourth-order valence-corrected chi connectivity index (χ4v) is 2.86. The van der Waals surface area contributed by atoms with E-state index in [0.717, 1.165) is 27.7 Å². The van der Waals surface area contributed by atoms with Gasteiger partial charge in [-0.2, -0.15) is 0 Å². The normalized spacial score (nSPS) is 11.2. The van der Waals surface area contributed by atoms with Crippen LogP contribution in [0, 0.1) is 6.92 Å². The predicted octanol–water partition coefficient (Wildman–Crippen LogP) is 3.87. The number of fused-ring (bicyclic) bond motifs is 1. The molecule has 1 aromatic carbocycles. The number of carbonyl (C=O) groups excluding carboxylic acids is 1. The Morgan fingerprint density at radius 3 is 2.80 bits per heavy atom. The number of ether oxygens (including phenoxy) is 1. The van der Waals surface area contributed by atoms with Crippen LogP contribution in [0.4, 0.5) is 0 Å². The molecular weight excluding hydrogens is 384 g/mol. The summed E-state index contributed by atoms with van der Waals surface area (Å²) in [5.74, 6) is 0.188. The number of carbonyl (C=O) groups is 1. The molecule has 3 rings (SSSR count). The van der Waals surface area contributed by atoms with Crippen molar-refractivity contribution in [3.63, 3.8) is 0 Å². The van der Waals surface area contributed by atoms with Crippen molar-refractivity contribution >= 4 is 32.7 Å². The molecule has 0 saturated heterocycles. The Morgan fingerprint density at radius 1 is 1.32 bits per heavy atom. The highest BCUT2D eigenvalue weighted by Gasteiger charge is 2.18. The number of aryl methyl sites for hydroxylation is 1. The minimum absolute atomic E-state index is 0.138. The van der Waals surface area contributed by atoms with Crippen LogP contribution in [0.3, 0.4) is 0 Å². The summed E-state index contributed by atoms with van der Waals surface area (Å²) in [5, 5.41) is 4.21. The molecule has 0 saturated carbocycles. The fourth-order valence-electron chi connectivity index (χ4n) is 2.59. The third kappa shape index (κ3) is 3.98. The molecule has 130 valence electrons. The third-order valence-corrected chi connectivity index (χ3v) is 4.48. The molecule has 0 amide bonds. The maximum absolute atomic E-state index is 12.7. The summed E-state index contributed by atoms with van der Waals surface area (Å²) in [6, 6.07) is 9.04. The van der Waals surface area contributed by atoms with Gasteiger partial charge in [0.05, 0.1) is 12.3 Å². The van der Waals surface area contributed by atoms with Crippen LogP contribution in [0.1, 0.15) is 27.4 Å². The Kier molecular flexibility index (Phi) is 5.63. The van der Waals surface area contributed by atoms with Crippen molar-refractivity contribution in [2.75, 3.05) is 20.3 Å². The SMILES string of the molecule is COCCNCc1cnc(C)c2oc(C(=O)c3ccc(Br)cc3)cc12. The summed E-state index contributed by atoms with van der Waals surface area (Å²) >= 11 is 3.37. The molecule has 0 fully saturated rings. The quantitative estimate of drug-likeness (QED) is 0.480. The van der Waals surface area contributed by atoms with E-state index in [-0.39, 0.29) is 5.78 Å². The van der Waals surface area contributed by atoms with Crippen molar-refractivity contribution in [1.29, 1.82) is 0 Å². The zero-order chi connectivity index (χ0) is 17.8. The highest BCUT2D eigenvalue weighted by atomic mass is 79.9. The van der Waals surface area contributed by atoms with E-state index in [1.807, 2.05) is 31.3 Å². The number of nitrogens with one attached hydrogen (secondary N) is 1. The lowest BCUT2D eigenvalue weighted by Gasteiger charge is -2.05. The van der Waals surface area contributed by atoms with Gasteiger partial charge in [0.1, 0.15) is 0 Å². The van der Waals surface area contributed by atoms with E-state index in [1.165, 1.54) is 0 Å². The van der Waals surface area contributed by atoms with Crippen LogP contribution in [0.2, 0.25) is 0 Å². The maximum Gasteiger partial charge on any atom is 0.228 e. The zero-order valence-electron chi connectivity index (χ0n) is 14.1. The van der Waals surface area contributed by atoms with E-state index >= 15 is 0 Å². The van der Waals surface area contributed by atoms with Gasteiger partial charge in [-0.25, -0.2) is 0 Å². The van der Waals surface area contributed by atoms with Gasteiger partial charge >= 0.3 is 0 Å². The molecule has 0 bridgehead atoms. The number of aromatic nitrogens is 1. The Balaban J connectivity index is 1.91. The number of methoxy groups -OCH3 is 1. The van der Waals surface area contributed by atoms with E-state index in [4.69, 9.17) is 9.15 Å². The van der Waals surface area contributed by atoms with Crippen LogP contribution >= 0.6 is 15.9 Å². The molecule has 0 aliphatic carbocycles. The molecule has 6 heteroatoms. The summed E-state index contributed by atoms with van der Waals surface area (Å²) in [6.07, 6.45) is 1.82. The molecule has 25 heavy (non-hydrogen) atoms. The molecule has 5 nitrogen and oxygen atoms in total. The van der Waals surface area contributed by atoms with E-state index in [0.29, 0.717) is 30.1 Å². The van der Waals surface area contributed by atoms with Crippen LogP contribution in [-0.2, 0) is 11.3 Å². The molecule has 0 aliphatic rings. The van der Waals surface area contributed by atoms with Gasteiger partial charge in [0.2, 0.25) is 5.78 Å². The molecule has 0 aliphatic heterocycles. The molecule has 2 heterocycles. The van der Waals surface area contributed by atoms with Crippen LogP contribution in [0.15, 0.2) is 45.4 Å². The minimum atomic E-state index is -0.138. The van der Waals surface area contributed by atoms with Crippen LogP contribution in [-0.4, -0.2) is 31.0 Å². The number of ketones is 1. The first kappa shape index (κ1) is 17.8. The average Bonchev–Trinajstić information content (AvgIpc) is 3.07. The lowest BCUT2D eigenvalue weighted by molar-refractivity contribution is 0.101. The van der Waals surface area contributed by atoms with E-state index in [1.54, 1.807) is 19.2 Å². The Morgan fingerprint density at radius 2 is 2.08 bits per heavy atom. The van der Waals surface area contributed by atoms with Gasteiger partial charge in [-0.05, 0) is 42.8 Å². The summed E-state index contributed by atoms with van der Waals surface area (Å²) < 4.78 is 11.8. The minimum Gasteiger partial charge on any atom is -0.451 e. The van der Waals surface area contributed by atoms with E-state index < -0.39 is 0 Å². The number of halogens is 1. The first-order chi connectivity index (χ1) is 12.1. The number of pyridine rings is 1. The van der Waals surface area contributed by atoms with Crippen molar-refractivity contribution in [3.05, 3.63) is 63.6 Å². The van der Waals surface area contributed by atoms with Gasteiger partial charge < -0.3 is 14.5 Å². The fraction of sp³-hybridized carbons (Fsp3) is 0.263. The second kappa shape index (κ2) is 7.91. The Hall–Kier alpha value is -2.02. The number of furan rings is 1. The maximum atomic E-state index is 12.7. The smallest absolute Gasteiger partial charge is 0.228 e. The van der Waals surface area contributed by atoms with Gasteiger partial charge in [-0.3, -0.25) is 9.78 Å². The zero-order valence-corrected chi connectivity index (χ0v) is 15.7. The van der Waals surface area contributed by atoms with Crippen LogP contribution in [0.5, 0.6) is 0 Å². The first-order valence-corrected chi connectivity index (χ1v) is 8.77. The molecule has 0 unspecified atom stereocenters. The van der Waals surface area contributed by atoms with Gasteiger partial charge in [-0.1, -0.05) is 15.9 Å². The summed E-state index contributed by atoms with van der Waals surface area (Å²) in [7, 11) is 1.67. The monoisotopic (exact) mass is 402 g/mol. The first-order valence-electron chi connectivity index (χ1n) is 7.98. The van der Waals surface area contributed by atoms with Crippen molar-refractivity contribution in [3.8, 4) is 0 Å².